The zero-order valence-electron chi connectivity index (χ0n) is 9.03. The lowest BCUT2D eigenvalue weighted by molar-refractivity contribution is 0.583. The molecule has 5 nitrogen and oxygen atoms in total. The predicted octanol–water partition coefficient (Wildman–Crippen LogP) is 0.880. The molecule has 0 bridgehead atoms. The average molecular weight is 197 g/mol. The van der Waals surface area contributed by atoms with E-state index in [2.05, 4.69) is 27.7 Å². The number of aryl methyl sites for hydroxylation is 1. The van der Waals surface area contributed by atoms with Crippen molar-refractivity contribution in [3.63, 3.8) is 0 Å². The highest BCUT2D eigenvalue weighted by Gasteiger charge is 1.97. The minimum absolute atomic E-state index is 0.722. The van der Waals surface area contributed by atoms with Crippen molar-refractivity contribution in [3.05, 3.63) is 5.82 Å². The Kier molecular flexibility index (Phi) is 5.14. The van der Waals surface area contributed by atoms with Gasteiger partial charge >= 0.3 is 0 Å². The van der Waals surface area contributed by atoms with Gasteiger partial charge in [-0.1, -0.05) is 26.2 Å². The van der Waals surface area contributed by atoms with E-state index in [1.165, 1.54) is 30.5 Å². The lowest BCUT2D eigenvalue weighted by Gasteiger charge is -2.00. The first-order valence-electron chi connectivity index (χ1n) is 5.26. The van der Waals surface area contributed by atoms with E-state index < -0.39 is 0 Å². The fourth-order valence-corrected chi connectivity index (χ4v) is 1.27. The van der Waals surface area contributed by atoms with Crippen molar-refractivity contribution in [2.24, 2.45) is 7.05 Å². The zero-order chi connectivity index (χ0) is 10.2. The van der Waals surface area contributed by atoms with Gasteiger partial charge in [-0.05, 0) is 18.2 Å². The van der Waals surface area contributed by atoms with E-state index in [0.29, 0.717) is 0 Å². The minimum atomic E-state index is 0.722. The molecule has 80 valence electrons. The number of tetrazole rings is 1. The molecule has 0 radical (unpaired) electrons. The van der Waals surface area contributed by atoms with E-state index >= 15 is 0 Å². The van der Waals surface area contributed by atoms with Gasteiger partial charge in [0.2, 0.25) is 0 Å². The fourth-order valence-electron chi connectivity index (χ4n) is 1.27. The van der Waals surface area contributed by atoms with Gasteiger partial charge in [0.25, 0.3) is 0 Å². The number of hydrogen-bond donors (Lipinski definition) is 1. The van der Waals surface area contributed by atoms with Gasteiger partial charge in [0.15, 0.2) is 5.82 Å². The van der Waals surface area contributed by atoms with E-state index in [0.717, 1.165) is 18.9 Å². The number of unbranched alkanes of at least 4 members (excludes halogenated alkanes) is 3. The number of hydrogen-bond acceptors (Lipinski definition) is 4. The molecule has 0 spiro atoms. The molecule has 0 saturated heterocycles. The van der Waals surface area contributed by atoms with Crippen LogP contribution in [0.2, 0.25) is 0 Å². The van der Waals surface area contributed by atoms with Gasteiger partial charge in [-0.15, -0.1) is 10.2 Å². The summed E-state index contributed by atoms with van der Waals surface area (Å²) in [5, 5.41) is 15.0. The first-order chi connectivity index (χ1) is 6.83. The Hall–Kier alpha value is -0.970. The van der Waals surface area contributed by atoms with E-state index in [4.69, 9.17) is 0 Å². The molecular weight excluding hydrogens is 178 g/mol. The standard InChI is InChI=1S/C9H19N5/c1-3-4-5-6-7-10-8-9-11-13-14(2)12-9/h10H,3-8H2,1-2H3. The van der Waals surface area contributed by atoms with Crippen molar-refractivity contribution in [2.75, 3.05) is 6.54 Å². The molecule has 0 unspecified atom stereocenters. The maximum atomic E-state index is 4.08. The molecule has 0 aliphatic rings. The molecule has 1 aromatic heterocycles. The predicted molar refractivity (Wildman–Crippen MR) is 54.6 cm³/mol. The lowest BCUT2D eigenvalue weighted by atomic mass is 10.2. The van der Waals surface area contributed by atoms with E-state index in [1.54, 1.807) is 7.05 Å². The Morgan fingerprint density at radius 1 is 1.29 bits per heavy atom. The number of rotatable bonds is 7. The molecule has 0 aromatic carbocycles. The summed E-state index contributed by atoms with van der Waals surface area (Å²) < 4.78 is 0. The quantitative estimate of drug-likeness (QED) is 0.659. The Morgan fingerprint density at radius 3 is 2.79 bits per heavy atom. The second-order valence-electron chi connectivity index (χ2n) is 3.43. The summed E-state index contributed by atoms with van der Waals surface area (Å²) in [7, 11) is 1.78. The van der Waals surface area contributed by atoms with E-state index in [-0.39, 0.29) is 0 Å². The highest BCUT2D eigenvalue weighted by atomic mass is 15.6. The highest BCUT2D eigenvalue weighted by molar-refractivity contribution is 4.74. The second-order valence-corrected chi connectivity index (χ2v) is 3.43. The maximum Gasteiger partial charge on any atom is 0.188 e. The molecule has 1 aromatic rings. The van der Waals surface area contributed by atoms with Gasteiger partial charge in [0, 0.05) is 0 Å². The first-order valence-corrected chi connectivity index (χ1v) is 5.26. The molecule has 0 atom stereocenters. The van der Waals surface area contributed by atoms with Crippen molar-refractivity contribution >= 4 is 0 Å². The number of nitrogens with zero attached hydrogens (tertiary/aromatic N) is 4. The molecule has 0 amide bonds. The van der Waals surface area contributed by atoms with Gasteiger partial charge in [0.1, 0.15) is 0 Å². The summed E-state index contributed by atoms with van der Waals surface area (Å²) in [4.78, 5) is 1.48. The first kappa shape index (κ1) is 11.1. The van der Waals surface area contributed by atoms with Crippen LogP contribution in [0.3, 0.4) is 0 Å². The summed E-state index contributed by atoms with van der Waals surface area (Å²) >= 11 is 0. The molecule has 5 heteroatoms. The second kappa shape index (κ2) is 6.48. The van der Waals surface area contributed by atoms with Crippen molar-refractivity contribution in [2.45, 2.75) is 39.2 Å². The maximum absolute atomic E-state index is 4.08. The van der Waals surface area contributed by atoms with Crippen LogP contribution in [0.25, 0.3) is 0 Å². The van der Waals surface area contributed by atoms with Crippen LogP contribution in [0.15, 0.2) is 0 Å². The monoisotopic (exact) mass is 197 g/mol. The minimum Gasteiger partial charge on any atom is -0.310 e. The third-order valence-electron chi connectivity index (χ3n) is 2.04. The topological polar surface area (TPSA) is 55.6 Å². The summed E-state index contributed by atoms with van der Waals surface area (Å²) in [5.41, 5.74) is 0. The van der Waals surface area contributed by atoms with E-state index in [1.807, 2.05) is 0 Å². The third-order valence-corrected chi connectivity index (χ3v) is 2.04. The van der Waals surface area contributed by atoms with E-state index in [9.17, 15) is 0 Å². The SMILES string of the molecule is CCCCCCNCc1nnn(C)n1. The summed E-state index contributed by atoms with van der Waals surface area (Å²) in [6, 6.07) is 0. The Labute approximate surface area is 84.9 Å². The molecule has 0 aliphatic carbocycles. The number of nitrogens with one attached hydrogen (secondary N) is 1. The van der Waals surface area contributed by atoms with Crippen LogP contribution >= 0.6 is 0 Å². The van der Waals surface area contributed by atoms with Crippen molar-refractivity contribution in [1.29, 1.82) is 0 Å². The van der Waals surface area contributed by atoms with Gasteiger partial charge in [0.05, 0.1) is 13.6 Å². The molecule has 14 heavy (non-hydrogen) atoms. The van der Waals surface area contributed by atoms with Crippen molar-refractivity contribution < 1.29 is 0 Å². The van der Waals surface area contributed by atoms with Gasteiger partial charge in [-0.25, -0.2) is 0 Å². The number of aromatic nitrogens is 4. The van der Waals surface area contributed by atoms with Gasteiger partial charge in [-0.3, -0.25) is 0 Å². The molecule has 1 N–H and O–H groups in total. The Bertz CT molecular complexity index is 245. The van der Waals surface area contributed by atoms with Crippen LogP contribution in [0.1, 0.15) is 38.4 Å². The fraction of sp³-hybridized carbons (Fsp3) is 0.889. The molecule has 0 aliphatic heterocycles. The molecule has 1 rings (SSSR count). The summed E-state index contributed by atoms with van der Waals surface area (Å²) in [6.45, 7) is 3.98. The molecular formula is C9H19N5. The van der Waals surface area contributed by atoms with Crippen LogP contribution in [0.4, 0.5) is 0 Å². The van der Waals surface area contributed by atoms with Crippen molar-refractivity contribution in [3.8, 4) is 0 Å². The summed E-state index contributed by atoms with van der Waals surface area (Å²) in [5.74, 6) is 0.767. The average Bonchev–Trinajstić information content (AvgIpc) is 2.58. The van der Waals surface area contributed by atoms with Crippen LogP contribution < -0.4 is 5.32 Å². The lowest BCUT2D eigenvalue weighted by Crippen LogP contribution is -2.15. The van der Waals surface area contributed by atoms with Crippen LogP contribution in [-0.2, 0) is 13.6 Å². The molecule has 0 saturated carbocycles. The van der Waals surface area contributed by atoms with Crippen molar-refractivity contribution in [1.82, 2.24) is 25.5 Å². The molecule has 0 fully saturated rings. The van der Waals surface area contributed by atoms with Crippen LogP contribution in [0, 0.1) is 0 Å². The highest BCUT2D eigenvalue weighted by Crippen LogP contribution is 1.97. The van der Waals surface area contributed by atoms with Crippen LogP contribution in [-0.4, -0.2) is 26.8 Å². The smallest absolute Gasteiger partial charge is 0.188 e. The zero-order valence-corrected chi connectivity index (χ0v) is 9.03. The van der Waals surface area contributed by atoms with Gasteiger partial charge < -0.3 is 5.32 Å². The largest absolute Gasteiger partial charge is 0.310 e. The van der Waals surface area contributed by atoms with Gasteiger partial charge in [-0.2, -0.15) is 4.80 Å². The summed E-state index contributed by atoms with van der Waals surface area (Å²) in [6.07, 6.45) is 5.14. The van der Waals surface area contributed by atoms with Crippen LogP contribution in [0.5, 0.6) is 0 Å². The Balaban J connectivity index is 1.99. The molecule has 1 heterocycles. The third kappa shape index (κ3) is 4.32. The normalized spacial score (nSPS) is 10.7. The Morgan fingerprint density at radius 2 is 2.14 bits per heavy atom.